The summed E-state index contributed by atoms with van der Waals surface area (Å²) in [7, 11) is 0. The molecule has 0 aliphatic carbocycles. The van der Waals surface area contributed by atoms with Gasteiger partial charge in [-0.2, -0.15) is 0 Å². The molecule has 100 valence electrons. The van der Waals surface area contributed by atoms with Crippen LogP contribution in [-0.4, -0.2) is 34.3 Å². The monoisotopic (exact) mass is 271 g/mol. The summed E-state index contributed by atoms with van der Waals surface area (Å²) in [4.78, 5) is 28.2. The Kier molecular flexibility index (Phi) is 5.20. The lowest BCUT2D eigenvalue weighted by molar-refractivity contribution is -0.119. The maximum atomic E-state index is 11.2. The van der Waals surface area contributed by atoms with Gasteiger partial charge < -0.3 is 5.73 Å². The zero-order valence-electron chi connectivity index (χ0n) is 10.3. The van der Waals surface area contributed by atoms with E-state index in [1.807, 2.05) is 24.2 Å². The molecule has 0 aliphatic heterocycles. The van der Waals surface area contributed by atoms with Crippen LogP contribution in [0, 0.1) is 0 Å². The second-order valence-electron chi connectivity index (χ2n) is 4.08. The maximum Gasteiger partial charge on any atom is 0.294 e. The summed E-state index contributed by atoms with van der Waals surface area (Å²) in [5, 5.41) is 2.07. The Morgan fingerprint density at radius 1 is 1.56 bits per heavy atom. The van der Waals surface area contributed by atoms with E-state index in [-0.39, 0.29) is 18.5 Å². The Morgan fingerprint density at radius 3 is 2.72 bits per heavy atom. The van der Waals surface area contributed by atoms with Crippen molar-refractivity contribution in [2.75, 3.05) is 6.54 Å². The molecule has 1 aromatic rings. The first-order valence-corrected chi connectivity index (χ1v) is 6.29. The molecule has 2 amide bonds. The number of thiazole rings is 1. The van der Waals surface area contributed by atoms with Gasteiger partial charge in [0, 0.05) is 18.0 Å². The summed E-state index contributed by atoms with van der Waals surface area (Å²) in [5.41, 5.74) is 7.92. The van der Waals surface area contributed by atoms with Crippen LogP contribution in [0.15, 0.2) is 5.38 Å². The highest BCUT2D eigenvalue weighted by Gasteiger charge is 2.16. The van der Waals surface area contributed by atoms with Crippen LogP contribution in [0.3, 0.4) is 0 Å². The number of carbonyl (C=O) groups is 2. The number of hydrogen-bond acceptors (Lipinski definition) is 6. The van der Waals surface area contributed by atoms with Gasteiger partial charge in [0.1, 0.15) is 0 Å². The summed E-state index contributed by atoms with van der Waals surface area (Å²) in [5.74, 6) is 4.22. The molecule has 0 radical (unpaired) electrons. The quantitative estimate of drug-likeness (QED) is 0.364. The highest BCUT2D eigenvalue weighted by molar-refractivity contribution is 7.11. The van der Waals surface area contributed by atoms with E-state index in [0.717, 1.165) is 0 Å². The molecule has 7 nitrogen and oxygen atoms in total. The molecule has 0 aliphatic rings. The van der Waals surface area contributed by atoms with Gasteiger partial charge in [0.25, 0.3) is 5.91 Å². The highest BCUT2D eigenvalue weighted by Crippen LogP contribution is 2.13. The van der Waals surface area contributed by atoms with Gasteiger partial charge >= 0.3 is 0 Å². The van der Waals surface area contributed by atoms with Gasteiger partial charge in [0.15, 0.2) is 5.01 Å². The minimum Gasteiger partial charge on any atom is -0.369 e. The third-order valence-corrected chi connectivity index (χ3v) is 3.22. The van der Waals surface area contributed by atoms with Crippen molar-refractivity contribution in [1.82, 2.24) is 15.3 Å². The third-order valence-electron chi connectivity index (χ3n) is 2.33. The molecular formula is C10H17N5O2S. The summed E-state index contributed by atoms with van der Waals surface area (Å²) in [6.45, 7) is 4.55. The molecule has 0 spiro atoms. The van der Waals surface area contributed by atoms with Crippen molar-refractivity contribution < 1.29 is 9.59 Å². The third kappa shape index (κ3) is 4.06. The number of hydrogen-bond donors (Lipinski definition) is 3. The van der Waals surface area contributed by atoms with Crippen molar-refractivity contribution in [3.63, 3.8) is 0 Å². The molecule has 0 unspecified atom stereocenters. The molecule has 0 atom stereocenters. The lowest BCUT2D eigenvalue weighted by atomic mass is 10.3. The van der Waals surface area contributed by atoms with Gasteiger partial charge in [-0.1, -0.05) is 0 Å². The number of nitrogens with zero attached hydrogens (tertiary/aromatic N) is 2. The molecular weight excluding hydrogens is 254 g/mol. The molecule has 1 aromatic heterocycles. The van der Waals surface area contributed by atoms with Crippen LogP contribution in [0.5, 0.6) is 0 Å². The number of nitrogen functional groups attached to an aromatic ring is 1. The van der Waals surface area contributed by atoms with E-state index in [0.29, 0.717) is 17.2 Å². The van der Waals surface area contributed by atoms with E-state index in [9.17, 15) is 9.59 Å². The normalized spacial score (nSPS) is 10.9. The average molecular weight is 271 g/mol. The molecule has 0 fully saturated rings. The number of aromatic nitrogens is 1. The molecule has 0 bridgehead atoms. The van der Waals surface area contributed by atoms with E-state index in [1.54, 1.807) is 5.38 Å². The molecule has 0 saturated heterocycles. The molecule has 1 heterocycles. The predicted octanol–water partition coefficient (Wildman–Crippen LogP) is -0.558. The number of amides is 2. The summed E-state index contributed by atoms with van der Waals surface area (Å²) in [6, 6.07) is 0.158. The Hall–Kier alpha value is -1.51. The van der Waals surface area contributed by atoms with Gasteiger partial charge in [-0.05, 0) is 13.8 Å². The first-order chi connectivity index (χ1) is 8.43. The Labute approximate surface area is 109 Å². The molecule has 5 N–H and O–H groups in total. The lowest BCUT2D eigenvalue weighted by Crippen LogP contribution is -2.38. The van der Waals surface area contributed by atoms with Gasteiger partial charge in [-0.25, -0.2) is 10.8 Å². The Balaban J connectivity index is 2.72. The molecule has 18 heavy (non-hydrogen) atoms. The Bertz CT molecular complexity index is 432. The summed E-state index contributed by atoms with van der Waals surface area (Å²) in [6.07, 6.45) is 0. The van der Waals surface area contributed by atoms with E-state index >= 15 is 0 Å². The fourth-order valence-corrected chi connectivity index (χ4v) is 2.09. The van der Waals surface area contributed by atoms with Crippen molar-refractivity contribution in [3.8, 4) is 0 Å². The largest absolute Gasteiger partial charge is 0.369 e. The van der Waals surface area contributed by atoms with Gasteiger partial charge in [0.2, 0.25) is 5.91 Å². The molecule has 0 saturated carbocycles. The van der Waals surface area contributed by atoms with Crippen LogP contribution in [-0.2, 0) is 11.3 Å². The Morgan fingerprint density at radius 2 is 2.22 bits per heavy atom. The summed E-state index contributed by atoms with van der Waals surface area (Å²) < 4.78 is 0. The average Bonchev–Trinajstić information content (AvgIpc) is 2.75. The van der Waals surface area contributed by atoms with E-state index in [1.165, 1.54) is 11.3 Å². The standard InChI is InChI=1S/C10H17N5O2S/c1-6(2)15(4-8(11)16)3-7-5-18-10(13-7)9(17)14-12/h5-6H,3-4,12H2,1-2H3,(H2,11,16)(H,14,17). The number of rotatable bonds is 6. The van der Waals surface area contributed by atoms with Gasteiger partial charge in [0.05, 0.1) is 12.2 Å². The summed E-state index contributed by atoms with van der Waals surface area (Å²) >= 11 is 1.21. The van der Waals surface area contributed by atoms with Crippen LogP contribution >= 0.6 is 11.3 Å². The van der Waals surface area contributed by atoms with Crippen molar-refractivity contribution in [1.29, 1.82) is 0 Å². The lowest BCUT2D eigenvalue weighted by Gasteiger charge is -2.23. The van der Waals surface area contributed by atoms with Crippen LogP contribution in [0.2, 0.25) is 0 Å². The second-order valence-corrected chi connectivity index (χ2v) is 4.94. The fourth-order valence-electron chi connectivity index (χ4n) is 1.37. The number of nitrogens with two attached hydrogens (primary N) is 2. The van der Waals surface area contributed by atoms with Crippen molar-refractivity contribution >= 4 is 23.2 Å². The smallest absolute Gasteiger partial charge is 0.294 e. The number of primary amides is 1. The van der Waals surface area contributed by atoms with Crippen LogP contribution in [0.1, 0.15) is 29.3 Å². The zero-order valence-corrected chi connectivity index (χ0v) is 11.2. The fraction of sp³-hybridized carbons (Fsp3) is 0.500. The van der Waals surface area contributed by atoms with E-state index in [4.69, 9.17) is 11.6 Å². The SMILES string of the molecule is CC(C)N(CC(N)=O)Cc1csc(C(=O)NN)n1. The van der Waals surface area contributed by atoms with E-state index in [2.05, 4.69) is 4.98 Å². The number of carbonyl (C=O) groups excluding carboxylic acids is 2. The topological polar surface area (TPSA) is 114 Å². The molecule has 1 rings (SSSR count). The molecule has 0 aromatic carbocycles. The van der Waals surface area contributed by atoms with Crippen molar-refractivity contribution in [2.24, 2.45) is 11.6 Å². The zero-order chi connectivity index (χ0) is 13.7. The first-order valence-electron chi connectivity index (χ1n) is 5.41. The number of hydrazine groups is 1. The minimum absolute atomic E-state index is 0.158. The van der Waals surface area contributed by atoms with Crippen LogP contribution in [0.25, 0.3) is 0 Å². The second kappa shape index (κ2) is 6.43. The minimum atomic E-state index is -0.419. The maximum absolute atomic E-state index is 11.2. The van der Waals surface area contributed by atoms with Crippen LogP contribution < -0.4 is 17.0 Å². The van der Waals surface area contributed by atoms with Gasteiger partial charge in [-0.3, -0.25) is 19.9 Å². The van der Waals surface area contributed by atoms with E-state index < -0.39 is 5.91 Å². The highest BCUT2D eigenvalue weighted by atomic mass is 32.1. The van der Waals surface area contributed by atoms with Crippen LogP contribution in [0.4, 0.5) is 0 Å². The molecule has 8 heteroatoms. The first kappa shape index (κ1) is 14.6. The van der Waals surface area contributed by atoms with Gasteiger partial charge in [-0.15, -0.1) is 11.3 Å². The van der Waals surface area contributed by atoms with Crippen molar-refractivity contribution in [2.45, 2.75) is 26.4 Å². The van der Waals surface area contributed by atoms with Crippen molar-refractivity contribution in [3.05, 3.63) is 16.1 Å². The number of nitrogens with one attached hydrogen (secondary N) is 1. The predicted molar refractivity (Wildman–Crippen MR) is 68.5 cm³/mol.